The van der Waals surface area contributed by atoms with Crippen molar-refractivity contribution in [1.29, 1.82) is 0 Å². The highest BCUT2D eigenvalue weighted by atomic mass is 127. The molecule has 0 saturated heterocycles. The van der Waals surface area contributed by atoms with Crippen LogP contribution < -0.4 is 10.6 Å². The first-order valence-corrected chi connectivity index (χ1v) is 9.86. The molecule has 3 N–H and O–H groups in total. The van der Waals surface area contributed by atoms with Gasteiger partial charge in [0.25, 0.3) is 0 Å². The quantitative estimate of drug-likeness (QED) is 0.308. The van der Waals surface area contributed by atoms with Crippen molar-refractivity contribution in [2.75, 3.05) is 25.1 Å². The number of hydrogen-bond acceptors (Lipinski definition) is 4. The minimum atomic E-state index is -2.95. The van der Waals surface area contributed by atoms with Crippen molar-refractivity contribution in [3.63, 3.8) is 0 Å². The number of nitrogens with zero attached hydrogens (tertiary/aromatic N) is 1. The number of guanidine groups is 1. The number of aliphatic imine (C=N–C) groups is 1. The summed E-state index contributed by atoms with van der Waals surface area (Å²) in [5.74, 6) is 1.09. The number of hydrogen-bond donors (Lipinski definition) is 3. The molecule has 1 rings (SSSR count). The Balaban J connectivity index is 0.00000529. The Hall–Kier alpha value is -1.03. The molecule has 0 spiro atoms. The third-order valence-corrected chi connectivity index (χ3v) is 4.21. The molecule has 1 atom stereocenters. The predicted molar refractivity (Wildman–Crippen MR) is 110 cm³/mol. The second-order valence-corrected chi connectivity index (χ2v) is 7.90. The van der Waals surface area contributed by atoms with Crippen LogP contribution in [0, 0.1) is 0 Å². The highest BCUT2D eigenvalue weighted by Crippen LogP contribution is 2.11. The molecule has 0 saturated carbocycles. The van der Waals surface area contributed by atoms with Crippen LogP contribution in [0.1, 0.15) is 25.8 Å². The van der Waals surface area contributed by atoms with Gasteiger partial charge in [-0.1, -0.05) is 12.1 Å². The number of nitrogens with one attached hydrogen (secondary N) is 2. The summed E-state index contributed by atoms with van der Waals surface area (Å²) in [6.07, 6.45) is 2.51. The lowest BCUT2D eigenvalue weighted by Crippen LogP contribution is -2.43. The summed E-state index contributed by atoms with van der Waals surface area (Å²) in [7, 11) is -2.95. The van der Waals surface area contributed by atoms with E-state index >= 15 is 0 Å². The molecule has 1 unspecified atom stereocenters. The van der Waals surface area contributed by atoms with Crippen LogP contribution in [0.4, 0.5) is 0 Å². The lowest BCUT2D eigenvalue weighted by molar-refractivity contribution is 0.474. The van der Waals surface area contributed by atoms with E-state index in [0.29, 0.717) is 18.9 Å². The van der Waals surface area contributed by atoms with Gasteiger partial charge in [0.05, 0.1) is 5.75 Å². The topological polar surface area (TPSA) is 90.8 Å². The van der Waals surface area contributed by atoms with Crippen LogP contribution in [0.3, 0.4) is 0 Å². The monoisotopic (exact) mass is 469 g/mol. The molecule has 0 bridgehead atoms. The number of sulfone groups is 1. The molecule has 0 amide bonds. The molecule has 8 heteroatoms. The average Bonchev–Trinajstić information content (AvgIpc) is 2.45. The van der Waals surface area contributed by atoms with E-state index in [4.69, 9.17) is 0 Å². The highest BCUT2D eigenvalue weighted by molar-refractivity contribution is 14.0. The Morgan fingerprint density at radius 3 is 2.67 bits per heavy atom. The summed E-state index contributed by atoms with van der Waals surface area (Å²) in [4.78, 5) is 4.49. The zero-order chi connectivity index (χ0) is 17.3. The van der Waals surface area contributed by atoms with Crippen molar-refractivity contribution in [3.05, 3.63) is 29.8 Å². The molecule has 0 aliphatic carbocycles. The van der Waals surface area contributed by atoms with Crippen LogP contribution >= 0.6 is 24.0 Å². The zero-order valence-electron chi connectivity index (χ0n) is 14.4. The molecule has 6 nitrogen and oxygen atoms in total. The smallest absolute Gasteiger partial charge is 0.191 e. The molecule has 0 radical (unpaired) electrons. The Bertz CT molecular complexity index is 621. The summed E-state index contributed by atoms with van der Waals surface area (Å²) in [5, 5.41) is 15.8. The van der Waals surface area contributed by atoms with Gasteiger partial charge in [0, 0.05) is 25.4 Å². The zero-order valence-corrected chi connectivity index (χ0v) is 17.6. The van der Waals surface area contributed by atoms with E-state index in [2.05, 4.69) is 15.6 Å². The fourth-order valence-electron chi connectivity index (χ4n) is 2.03. The van der Waals surface area contributed by atoms with Crippen molar-refractivity contribution in [1.82, 2.24) is 10.6 Å². The van der Waals surface area contributed by atoms with Gasteiger partial charge >= 0.3 is 0 Å². The van der Waals surface area contributed by atoms with Gasteiger partial charge in [-0.25, -0.2) is 8.42 Å². The molecule has 138 valence electrons. The van der Waals surface area contributed by atoms with Gasteiger partial charge < -0.3 is 15.7 Å². The molecule has 1 aromatic carbocycles. The molecular formula is C16H28IN3O3S. The van der Waals surface area contributed by atoms with Crippen molar-refractivity contribution < 1.29 is 13.5 Å². The fourth-order valence-corrected chi connectivity index (χ4v) is 2.81. The Morgan fingerprint density at radius 1 is 1.38 bits per heavy atom. The fraction of sp³-hybridized carbons (Fsp3) is 0.562. The predicted octanol–water partition coefficient (Wildman–Crippen LogP) is 1.93. The van der Waals surface area contributed by atoms with Crippen molar-refractivity contribution >= 4 is 39.8 Å². The standard InChI is InChI=1S/C16H27N3O3S.HI/c1-4-17-16(19-13(2)9-11-23(3,21)22)18-10-8-14-6-5-7-15(20)12-14;/h5-7,12-13,20H,4,8-11H2,1-3H3,(H2,17,18,19);1H. The lowest BCUT2D eigenvalue weighted by Gasteiger charge is -2.17. The number of benzene rings is 1. The maximum absolute atomic E-state index is 11.2. The molecule has 24 heavy (non-hydrogen) atoms. The van der Waals surface area contributed by atoms with Gasteiger partial charge in [0.1, 0.15) is 15.6 Å². The molecule has 1 aromatic rings. The van der Waals surface area contributed by atoms with Crippen molar-refractivity contribution in [2.24, 2.45) is 4.99 Å². The van der Waals surface area contributed by atoms with Crippen LogP contribution in [0.5, 0.6) is 5.75 Å². The van der Waals surface area contributed by atoms with Crippen LogP contribution in [-0.2, 0) is 16.3 Å². The average molecular weight is 469 g/mol. The van der Waals surface area contributed by atoms with Crippen LogP contribution in [0.2, 0.25) is 0 Å². The first-order valence-electron chi connectivity index (χ1n) is 7.80. The van der Waals surface area contributed by atoms with E-state index in [-0.39, 0.29) is 41.5 Å². The third kappa shape index (κ3) is 10.7. The van der Waals surface area contributed by atoms with E-state index in [1.54, 1.807) is 12.1 Å². The van der Waals surface area contributed by atoms with E-state index in [0.717, 1.165) is 18.5 Å². The summed E-state index contributed by atoms with van der Waals surface area (Å²) in [5.41, 5.74) is 1.02. The molecule has 0 fully saturated rings. The van der Waals surface area contributed by atoms with Crippen molar-refractivity contribution in [3.8, 4) is 5.75 Å². The first-order chi connectivity index (χ1) is 10.8. The van der Waals surface area contributed by atoms with E-state index < -0.39 is 9.84 Å². The Morgan fingerprint density at radius 2 is 2.08 bits per heavy atom. The summed E-state index contributed by atoms with van der Waals surface area (Å²) >= 11 is 0. The SMILES string of the molecule is CCNC(=NCCc1cccc(O)c1)NC(C)CCS(C)(=O)=O.I. The highest BCUT2D eigenvalue weighted by Gasteiger charge is 2.09. The van der Waals surface area contributed by atoms with Gasteiger partial charge in [-0.05, 0) is 44.4 Å². The van der Waals surface area contributed by atoms with E-state index in [1.807, 2.05) is 26.0 Å². The molecular weight excluding hydrogens is 441 g/mol. The van der Waals surface area contributed by atoms with Crippen LogP contribution in [0.25, 0.3) is 0 Å². The number of aromatic hydroxyl groups is 1. The Kier molecular flexibility index (Phi) is 11.0. The number of rotatable bonds is 8. The molecule has 0 aliphatic rings. The number of phenols is 1. The Labute approximate surface area is 162 Å². The second-order valence-electron chi connectivity index (χ2n) is 5.64. The van der Waals surface area contributed by atoms with E-state index in [9.17, 15) is 13.5 Å². The molecule has 0 heterocycles. The minimum Gasteiger partial charge on any atom is -0.508 e. The first kappa shape index (κ1) is 23.0. The van der Waals surface area contributed by atoms with Gasteiger partial charge in [-0.15, -0.1) is 24.0 Å². The van der Waals surface area contributed by atoms with Gasteiger partial charge in [0.2, 0.25) is 0 Å². The van der Waals surface area contributed by atoms with Gasteiger partial charge in [-0.3, -0.25) is 4.99 Å². The van der Waals surface area contributed by atoms with E-state index in [1.165, 1.54) is 6.26 Å². The second kappa shape index (κ2) is 11.5. The third-order valence-electron chi connectivity index (χ3n) is 3.23. The van der Waals surface area contributed by atoms with Crippen LogP contribution in [-0.4, -0.2) is 50.6 Å². The number of halogens is 1. The molecule has 0 aromatic heterocycles. The summed E-state index contributed by atoms with van der Waals surface area (Å²) in [6, 6.07) is 7.14. The lowest BCUT2D eigenvalue weighted by atomic mass is 10.1. The van der Waals surface area contributed by atoms with Gasteiger partial charge in [-0.2, -0.15) is 0 Å². The maximum atomic E-state index is 11.2. The number of phenolic OH excluding ortho intramolecular Hbond substituents is 1. The maximum Gasteiger partial charge on any atom is 0.191 e. The largest absolute Gasteiger partial charge is 0.508 e. The normalized spacial score (nSPS) is 13.0. The summed E-state index contributed by atoms with van der Waals surface area (Å²) in [6.45, 7) is 5.23. The minimum absolute atomic E-state index is 0. The van der Waals surface area contributed by atoms with Crippen LogP contribution in [0.15, 0.2) is 29.3 Å². The van der Waals surface area contributed by atoms with Gasteiger partial charge in [0.15, 0.2) is 5.96 Å². The summed E-state index contributed by atoms with van der Waals surface area (Å²) < 4.78 is 22.4. The van der Waals surface area contributed by atoms with Crippen molar-refractivity contribution in [2.45, 2.75) is 32.7 Å². The molecule has 0 aliphatic heterocycles.